The Morgan fingerprint density at radius 2 is 2.29 bits per heavy atom. The van der Waals surface area contributed by atoms with Gasteiger partial charge in [0.2, 0.25) is 5.91 Å². The standard InChI is InChI=1S/C14H19BrN4OS/c1-19-4-2-9(3-5-19)16-7-11-10(15)6-12-14(17-11)18-13(20)8-21-12/h6,9,16H,2-5,7-8H2,1H3,(H,17,18,20). The zero-order valence-corrected chi connectivity index (χ0v) is 14.4. The SMILES string of the molecule is CN1CCC(NCc2nc3c(cc2Br)SCC(=O)N3)CC1. The number of fused-ring (bicyclic) bond motifs is 1. The van der Waals surface area contributed by atoms with Crippen LogP contribution in [0.25, 0.3) is 0 Å². The molecule has 2 aliphatic heterocycles. The topological polar surface area (TPSA) is 57.3 Å². The van der Waals surface area contributed by atoms with Crippen molar-refractivity contribution in [2.45, 2.75) is 30.3 Å². The maximum Gasteiger partial charge on any atom is 0.235 e. The number of nitrogens with zero attached hydrogens (tertiary/aromatic N) is 2. The van der Waals surface area contributed by atoms with Gasteiger partial charge in [-0.05, 0) is 55.0 Å². The number of piperidine rings is 1. The third kappa shape index (κ3) is 3.77. The second-order valence-corrected chi connectivity index (χ2v) is 7.43. The number of carbonyl (C=O) groups excluding carboxylic acids is 1. The van der Waals surface area contributed by atoms with Crippen LogP contribution in [0.3, 0.4) is 0 Å². The number of rotatable bonds is 3. The highest BCUT2D eigenvalue weighted by molar-refractivity contribution is 9.10. The number of aromatic nitrogens is 1. The van der Waals surface area contributed by atoms with E-state index in [0.717, 1.165) is 34.7 Å². The number of halogens is 1. The summed E-state index contributed by atoms with van der Waals surface area (Å²) in [6.45, 7) is 3.01. The summed E-state index contributed by atoms with van der Waals surface area (Å²) in [6, 6.07) is 2.60. The first-order valence-electron chi connectivity index (χ1n) is 7.16. The van der Waals surface area contributed by atoms with Crippen molar-refractivity contribution in [2.75, 3.05) is 31.2 Å². The minimum absolute atomic E-state index is 0.0246. The van der Waals surface area contributed by atoms with Gasteiger partial charge in [0.1, 0.15) is 5.82 Å². The zero-order valence-electron chi connectivity index (χ0n) is 12.0. The first-order chi connectivity index (χ1) is 10.1. The van der Waals surface area contributed by atoms with Gasteiger partial charge in [0.25, 0.3) is 0 Å². The quantitative estimate of drug-likeness (QED) is 0.852. The largest absolute Gasteiger partial charge is 0.309 e. The van der Waals surface area contributed by atoms with Gasteiger partial charge in [-0.3, -0.25) is 4.79 Å². The van der Waals surface area contributed by atoms with Crippen molar-refractivity contribution in [2.24, 2.45) is 0 Å². The third-order valence-corrected chi connectivity index (χ3v) is 5.62. The highest BCUT2D eigenvalue weighted by Gasteiger charge is 2.20. The molecule has 21 heavy (non-hydrogen) atoms. The van der Waals surface area contributed by atoms with Crippen molar-refractivity contribution < 1.29 is 4.79 Å². The normalized spacial score (nSPS) is 20.2. The van der Waals surface area contributed by atoms with Crippen molar-refractivity contribution in [3.05, 3.63) is 16.2 Å². The number of likely N-dealkylation sites (tertiary alicyclic amines) is 1. The Morgan fingerprint density at radius 1 is 1.52 bits per heavy atom. The monoisotopic (exact) mass is 370 g/mol. The van der Waals surface area contributed by atoms with E-state index in [9.17, 15) is 4.79 Å². The number of carbonyl (C=O) groups is 1. The van der Waals surface area contributed by atoms with E-state index < -0.39 is 0 Å². The molecule has 0 atom stereocenters. The van der Waals surface area contributed by atoms with E-state index in [1.54, 1.807) is 0 Å². The predicted octanol–water partition coefficient (Wildman–Crippen LogP) is 2.07. The molecule has 0 spiro atoms. The van der Waals surface area contributed by atoms with Crippen molar-refractivity contribution in [3.8, 4) is 0 Å². The van der Waals surface area contributed by atoms with Crippen molar-refractivity contribution in [3.63, 3.8) is 0 Å². The molecule has 2 N–H and O–H groups in total. The maximum absolute atomic E-state index is 11.5. The van der Waals surface area contributed by atoms with Gasteiger partial charge in [-0.15, -0.1) is 11.8 Å². The van der Waals surface area contributed by atoms with E-state index in [-0.39, 0.29) is 5.91 Å². The van der Waals surface area contributed by atoms with E-state index in [1.807, 2.05) is 0 Å². The van der Waals surface area contributed by atoms with Crippen LogP contribution in [-0.2, 0) is 11.3 Å². The van der Waals surface area contributed by atoms with E-state index in [2.05, 4.69) is 49.6 Å². The molecule has 1 saturated heterocycles. The third-order valence-electron chi connectivity index (χ3n) is 3.91. The lowest BCUT2D eigenvalue weighted by molar-refractivity contribution is -0.113. The summed E-state index contributed by atoms with van der Waals surface area (Å²) in [5.41, 5.74) is 0.954. The lowest BCUT2D eigenvalue weighted by Crippen LogP contribution is -2.40. The first kappa shape index (κ1) is 15.3. The highest BCUT2D eigenvalue weighted by Crippen LogP contribution is 2.33. The number of nitrogens with one attached hydrogen (secondary N) is 2. The molecule has 1 amide bonds. The molecule has 0 saturated carbocycles. The first-order valence-corrected chi connectivity index (χ1v) is 8.93. The lowest BCUT2D eigenvalue weighted by atomic mass is 10.1. The van der Waals surface area contributed by atoms with Crippen LogP contribution >= 0.6 is 27.7 Å². The van der Waals surface area contributed by atoms with Gasteiger partial charge in [-0.2, -0.15) is 0 Å². The van der Waals surface area contributed by atoms with E-state index in [1.165, 1.54) is 24.6 Å². The van der Waals surface area contributed by atoms with E-state index >= 15 is 0 Å². The molecule has 0 aliphatic carbocycles. The van der Waals surface area contributed by atoms with E-state index in [4.69, 9.17) is 0 Å². The molecular formula is C14H19BrN4OS. The number of hydrogen-bond acceptors (Lipinski definition) is 5. The Bertz CT molecular complexity index is 546. The second-order valence-electron chi connectivity index (χ2n) is 5.56. The Balaban J connectivity index is 1.65. The fourth-order valence-electron chi connectivity index (χ4n) is 2.60. The highest BCUT2D eigenvalue weighted by atomic mass is 79.9. The number of hydrogen-bond donors (Lipinski definition) is 2. The van der Waals surface area contributed by atoms with Crippen LogP contribution in [0.4, 0.5) is 5.82 Å². The van der Waals surface area contributed by atoms with Crippen LogP contribution in [0.1, 0.15) is 18.5 Å². The maximum atomic E-state index is 11.5. The molecule has 114 valence electrons. The minimum atomic E-state index is 0.0246. The Kier molecular flexibility index (Phi) is 4.83. The molecule has 3 rings (SSSR count). The van der Waals surface area contributed by atoms with Gasteiger partial charge in [0.15, 0.2) is 0 Å². The van der Waals surface area contributed by atoms with Crippen LogP contribution in [0.15, 0.2) is 15.4 Å². The summed E-state index contributed by atoms with van der Waals surface area (Å²) in [7, 11) is 2.16. The zero-order chi connectivity index (χ0) is 14.8. The van der Waals surface area contributed by atoms with Crippen molar-refractivity contribution in [1.82, 2.24) is 15.2 Å². The molecule has 7 heteroatoms. The molecule has 5 nitrogen and oxygen atoms in total. The van der Waals surface area contributed by atoms with Gasteiger partial charge in [-0.25, -0.2) is 4.98 Å². The van der Waals surface area contributed by atoms with Gasteiger partial charge in [0.05, 0.1) is 16.3 Å². The molecule has 0 radical (unpaired) electrons. The summed E-state index contributed by atoms with van der Waals surface area (Å²) >= 11 is 5.12. The molecule has 3 heterocycles. The Morgan fingerprint density at radius 3 is 3.05 bits per heavy atom. The molecule has 0 aromatic carbocycles. The number of amides is 1. The van der Waals surface area contributed by atoms with Crippen LogP contribution in [-0.4, -0.2) is 47.7 Å². The molecule has 0 bridgehead atoms. The van der Waals surface area contributed by atoms with Gasteiger partial charge < -0.3 is 15.5 Å². The summed E-state index contributed by atoms with van der Waals surface area (Å²) < 4.78 is 1.00. The van der Waals surface area contributed by atoms with Gasteiger partial charge >= 0.3 is 0 Å². The van der Waals surface area contributed by atoms with Crippen molar-refractivity contribution in [1.29, 1.82) is 0 Å². The molecule has 1 aromatic rings. The Hall–Kier alpha value is -0.630. The average Bonchev–Trinajstić information content (AvgIpc) is 2.47. The number of thioether (sulfide) groups is 1. The van der Waals surface area contributed by atoms with Gasteiger partial charge in [-0.1, -0.05) is 0 Å². The summed E-state index contributed by atoms with van der Waals surface area (Å²) in [6.07, 6.45) is 2.34. The molecule has 1 aromatic heterocycles. The number of pyridine rings is 1. The molecule has 2 aliphatic rings. The number of anilines is 1. The van der Waals surface area contributed by atoms with Crippen LogP contribution in [0.5, 0.6) is 0 Å². The molecule has 0 unspecified atom stereocenters. The van der Waals surface area contributed by atoms with Crippen molar-refractivity contribution >= 4 is 39.4 Å². The average molecular weight is 371 g/mol. The summed E-state index contributed by atoms with van der Waals surface area (Å²) in [5, 5.41) is 6.42. The minimum Gasteiger partial charge on any atom is -0.309 e. The van der Waals surface area contributed by atoms with Crippen LogP contribution in [0, 0.1) is 0 Å². The lowest BCUT2D eigenvalue weighted by Gasteiger charge is -2.29. The molecular weight excluding hydrogens is 352 g/mol. The smallest absolute Gasteiger partial charge is 0.235 e. The molecule has 1 fully saturated rings. The predicted molar refractivity (Wildman–Crippen MR) is 88.6 cm³/mol. The fraction of sp³-hybridized carbons (Fsp3) is 0.571. The second kappa shape index (κ2) is 6.64. The fourth-order valence-corrected chi connectivity index (χ4v) is 4.00. The summed E-state index contributed by atoms with van der Waals surface area (Å²) in [5.74, 6) is 1.19. The van der Waals surface area contributed by atoms with Gasteiger partial charge in [0, 0.05) is 17.1 Å². The summed E-state index contributed by atoms with van der Waals surface area (Å²) in [4.78, 5) is 19.4. The Labute approximate surface area is 137 Å². The van der Waals surface area contributed by atoms with Crippen LogP contribution in [0.2, 0.25) is 0 Å². The van der Waals surface area contributed by atoms with E-state index in [0.29, 0.717) is 17.6 Å². The van der Waals surface area contributed by atoms with Crippen LogP contribution < -0.4 is 10.6 Å².